The molecule has 0 atom stereocenters. The van der Waals surface area contributed by atoms with Crippen molar-refractivity contribution in [1.82, 2.24) is 4.98 Å². The van der Waals surface area contributed by atoms with E-state index in [1.54, 1.807) is 0 Å². The van der Waals surface area contributed by atoms with E-state index >= 15 is 0 Å². The van der Waals surface area contributed by atoms with Gasteiger partial charge in [-0.25, -0.2) is 4.39 Å². The summed E-state index contributed by atoms with van der Waals surface area (Å²) in [6.07, 6.45) is 0. The molecule has 0 spiro atoms. The van der Waals surface area contributed by atoms with Crippen molar-refractivity contribution in [3.05, 3.63) is 29.1 Å². The van der Waals surface area contributed by atoms with Crippen LogP contribution in [0.15, 0.2) is 0 Å². The van der Waals surface area contributed by atoms with Crippen molar-refractivity contribution in [2.24, 2.45) is 0 Å². The van der Waals surface area contributed by atoms with Crippen molar-refractivity contribution in [2.45, 2.75) is 20.8 Å². The number of rotatable bonds is 0. The molecule has 0 radical (unpaired) electrons. The van der Waals surface area contributed by atoms with Gasteiger partial charge in [0.2, 0.25) is 11.8 Å². The first-order valence-electron chi connectivity index (χ1n) is 3.70. The predicted molar refractivity (Wildman–Crippen MR) is 40.2 cm³/mol. The van der Waals surface area contributed by atoms with E-state index < -0.39 is 29.1 Å². The molecule has 0 aliphatic carbocycles. The van der Waals surface area contributed by atoms with Gasteiger partial charge in [0.1, 0.15) is 0 Å². The maximum absolute atomic E-state index is 12.4. The Balaban J connectivity index is 0.000000671. The number of pyridine rings is 1. The zero-order valence-electron chi connectivity index (χ0n) is 7.46. The third-order valence-corrected chi connectivity index (χ3v) is 1.21. The number of hydrogen-bond acceptors (Lipinski definition) is 1. The minimum Gasteiger partial charge on any atom is -0.203 e. The number of halogens is 4. The van der Waals surface area contributed by atoms with Gasteiger partial charge in [-0.1, -0.05) is 13.8 Å². The topological polar surface area (TPSA) is 12.9 Å². The highest BCUT2D eigenvalue weighted by molar-refractivity contribution is 5.13. The van der Waals surface area contributed by atoms with Crippen molar-refractivity contribution in [1.29, 1.82) is 0 Å². The average molecular weight is 195 g/mol. The fourth-order valence-electron chi connectivity index (χ4n) is 0.565. The molecule has 0 saturated heterocycles. The van der Waals surface area contributed by atoms with Crippen molar-refractivity contribution >= 4 is 0 Å². The molecule has 0 aliphatic rings. The summed E-state index contributed by atoms with van der Waals surface area (Å²) in [6, 6.07) is 0. The van der Waals surface area contributed by atoms with E-state index in [1.165, 1.54) is 0 Å². The summed E-state index contributed by atoms with van der Waals surface area (Å²) < 4.78 is 48.9. The van der Waals surface area contributed by atoms with Gasteiger partial charge in [0.25, 0.3) is 5.95 Å². The van der Waals surface area contributed by atoms with Crippen molar-refractivity contribution in [3.8, 4) is 0 Å². The molecule has 0 fully saturated rings. The third-order valence-electron chi connectivity index (χ3n) is 1.21. The van der Waals surface area contributed by atoms with Gasteiger partial charge >= 0.3 is 0 Å². The Morgan fingerprint density at radius 2 is 1.31 bits per heavy atom. The molecule has 0 N–H and O–H groups in total. The lowest BCUT2D eigenvalue weighted by atomic mass is 10.3. The van der Waals surface area contributed by atoms with Gasteiger partial charge in [-0.15, -0.1) is 0 Å². The van der Waals surface area contributed by atoms with E-state index in [0.717, 1.165) is 6.92 Å². The molecule has 0 bridgehead atoms. The normalized spacial score (nSPS) is 9.15. The van der Waals surface area contributed by atoms with E-state index in [9.17, 15) is 17.6 Å². The summed E-state index contributed by atoms with van der Waals surface area (Å²) in [4.78, 5) is 2.49. The first kappa shape index (κ1) is 11.9. The second-order valence-electron chi connectivity index (χ2n) is 1.95. The van der Waals surface area contributed by atoms with Crippen LogP contribution >= 0.6 is 0 Å². The Bertz CT molecular complexity index is 272. The lowest BCUT2D eigenvalue weighted by Crippen LogP contribution is -2.02. The minimum absolute atomic E-state index is 0.621. The largest absolute Gasteiger partial charge is 0.254 e. The van der Waals surface area contributed by atoms with Crippen LogP contribution in [0.4, 0.5) is 17.6 Å². The van der Waals surface area contributed by atoms with Crippen LogP contribution in [-0.2, 0) is 0 Å². The Morgan fingerprint density at radius 1 is 0.846 bits per heavy atom. The van der Waals surface area contributed by atoms with Gasteiger partial charge in [0.05, 0.1) is 0 Å². The van der Waals surface area contributed by atoms with Gasteiger partial charge in [-0.05, 0) is 6.92 Å². The smallest absolute Gasteiger partial charge is 0.203 e. The van der Waals surface area contributed by atoms with Crippen molar-refractivity contribution in [2.75, 3.05) is 0 Å². The quantitative estimate of drug-likeness (QED) is 0.458. The maximum Gasteiger partial charge on any atom is 0.254 e. The highest BCUT2D eigenvalue weighted by Crippen LogP contribution is 2.14. The minimum atomic E-state index is -1.76. The number of hydrogen-bond donors (Lipinski definition) is 0. The summed E-state index contributed by atoms with van der Waals surface area (Å²) >= 11 is 0. The highest BCUT2D eigenvalue weighted by atomic mass is 19.2. The fourth-order valence-corrected chi connectivity index (χ4v) is 0.565. The van der Waals surface area contributed by atoms with Gasteiger partial charge < -0.3 is 0 Å². The lowest BCUT2D eigenvalue weighted by molar-refractivity contribution is 0.395. The summed E-state index contributed by atoms with van der Waals surface area (Å²) in [5.41, 5.74) is -0.621. The first-order chi connectivity index (χ1) is 6.04. The van der Waals surface area contributed by atoms with Crippen LogP contribution in [0.2, 0.25) is 0 Å². The number of nitrogens with zero attached hydrogens (tertiary/aromatic N) is 1. The average Bonchev–Trinajstić information content (AvgIpc) is 2.15. The molecule has 1 rings (SSSR count). The van der Waals surface area contributed by atoms with E-state index in [2.05, 4.69) is 4.98 Å². The Kier molecular flexibility index (Phi) is 4.37. The van der Waals surface area contributed by atoms with Crippen LogP contribution < -0.4 is 0 Å². The third kappa shape index (κ3) is 2.40. The van der Waals surface area contributed by atoms with E-state index in [-0.39, 0.29) is 0 Å². The van der Waals surface area contributed by atoms with E-state index in [4.69, 9.17) is 0 Å². The van der Waals surface area contributed by atoms with Crippen molar-refractivity contribution < 1.29 is 17.6 Å². The van der Waals surface area contributed by atoms with Gasteiger partial charge in [0, 0.05) is 5.56 Å². The van der Waals surface area contributed by atoms with Crippen LogP contribution in [0.5, 0.6) is 0 Å². The molecule has 0 unspecified atom stereocenters. The summed E-state index contributed by atoms with van der Waals surface area (Å²) in [7, 11) is 0. The molecule has 13 heavy (non-hydrogen) atoms. The zero-order chi connectivity index (χ0) is 10.6. The molecule has 1 aromatic heterocycles. The van der Waals surface area contributed by atoms with Crippen molar-refractivity contribution in [3.63, 3.8) is 0 Å². The molecule has 1 nitrogen and oxygen atoms in total. The van der Waals surface area contributed by atoms with Gasteiger partial charge in [-0.2, -0.15) is 18.2 Å². The number of aromatic nitrogens is 1. The Labute approximate surface area is 73.4 Å². The first-order valence-corrected chi connectivity index (χ1v) is 3.70. The summed E-state index contributed by atoms with van der Waals surface area (Å²) in [6.45, 7) is 4.97. The second kappa shape index (κ2) is 4.79. The fraction of sp³-hybridized carbons (Fsp3) is 0.375. The molecule has 0 aliphatic heterocycles. The van der Waals surface area contributed by atoms with Crippen LogP contribution in [0.3, 0.4) is 0 Å². The molecule has 1 aromatic rings. The van der Waals surface area contributed by atoms with Crippen LogP contribution in [0.25, 0.3) is 0 Å². The SMILES string of the molecule is CC.Cc1c(F)nc(F)c(F)c1F. The molecule has 0 aromatic carbocycles. The van der Waals surface area contributed by atoms with Crippen LogP contribution in [-0.4, -0.2) is 4.98 Å². The van der Waals surface area contributed by atoms with E-state index in [0.29, 0.717) is 0 Å². The van der Waals surface area contributed by atoms with Crippen LogP contribution in [0, 0.1) is 30.5 Å². The summed E-state index contributed by atoms with van der Waals surface area (Å²) in [5.74, 6) is -6.37. The maximum atomic E-state index is 12.4. The standard InChI is InChI=1S/C6H3F4N.C2H6/c1-2-3(7)4(8)6(10)11-5(2)9;1-2/h1H3;1-2H3. The molecule has 0 amide bonds. The predicted octanol–water partition coefficient (Wildman–Crippen LogP) is 2.97. The molecule has 0 saturated carbocycles. The molecular formula is C8H9F4N. The Morgan fingerprint density at radius 3 is 1.77 bits per heavy atom. The zero-order valence-corrected chi connectivity index (χ0v) is 7.46. The summed E-state index contributed by atoms with van der Waals surface area (Å²) in [5, 5.41) is 0. The molecular weight excluding hydrogens is 186 g/mol. The second-order valence-corrected chi connectivity index (χ2v) is 1.95. The Hall–Kier alpha value is -1.13. The molecule has 74 valence electrons. The monoisotopic (exact) mass is 195 g/mol. The van der Waals surface area contributed by atoms with Gasteiger partial charge in [-0.3, -0.25) is 0 Å². The molecule has 5 heteroatoms. The molecule has 1 heterocycles. The van der Waals surface area contributed by atoms with E-state index in [1.807, 2.05) is 13.8 Å². The van der Waals surface area contributed by atoms with Gasteiger partial charge in [0.15, 0.2) is 5.82 Å². The highest BCUT2D eigenvalue weighted by Gasteiger charge is 2.16. The van der Waals surface area contributed by atoms with Crippen LogP contribution in [0.1, 0.15) is 19.4 Å². The lowest BCUT2D eigenvalue weighted by Gasteiger charge is -1.98.